The molecule has 0 fully saturated rings. The number of carbonyl (C=O) groups is 2. The molecular weight excluding hydrogens is 346 g/mol. The molecule has 0 saturated heterocycles. The highest BCUT2D eigenvalue weighted by molar-refractivity contribution is 7.80. The maximum absolute atomic E-state index is 12.6. The predicted octanol–water partition coefficient (Wildman–Crippen LogP) is 3.37. The molecule has 2 rings (SSSR count). The number of carboxylic acids is 1. The smallest absolute Gasteiger partial charge is 0.325 e. The molecule has 0 radical (unpaired) electrons. The minimum Gasteiger partial charge on any atom is -0.480 e. The second kappa shape index (κ2) is 10.0. The largest absolute Gasteiger partial charge is 0.480 e. The standard InChI is InChI=1S/C21H25NO3S/c1-15(21(24)25)22-20(23)18(12-16-8-4-2-5-9-16)14-19(26)13-17-10-6-3-7-11-17/h2-11,15,18-19,26H,12-14H2,1H3,(H,22,23)(H,24,25). The number of nitrogens with one attached hydrogen (secondary N) is 1. The van der Waals surface area contributed by atoms with Crippen LogP contribution < -0.4 is 5.32 Å². The lowest BCUT2D eigenvalue weighted by molar-refractivity contribution is -0.141. The molecule has 2 aromatic rings. The van der Waals surface area contributed by atoms with Crippen LogP contribution in [0.5, 0.6) is 0 Å². The van der Waals surface area contributed by atoms with Crippen LogP contribution in [0.25, 0.3) is 0 Å². The molecule has 2 N–H and O–H groups in total. The molecule has 0 aliphatic carbocycles. The summed E-state index contributed by atoms with van der Waals surface area (Å²) in [6, 6.07) is 18.9. The van der Waals surface area contributed by atoms with E-state index >= 15 is 0 Å². The molecule has 0 bridgehead atoms. The highest BCUT2D eigenvalue weighted by Crippen LogP contribution is 2.20. The van der Waals surface area contributed by atoms with E-state index in [9.17, 15) is 9.59 Å². The fourth-order valence-corrected chi connectivity index (χ4v) is 3.34. The summed E-state index contributed by atoms with van der Waals surface area (Å²) in [5, 5.41) is 11.7. The first-order valence-electron chi connectivity index (χ1n) is 8.74. The normalized spacial score (nSPS) is 14.2. The van der Waals surface area contributed by atoms with Crippen molar-refractivity contribution in [3.8, 4) is 0 Å². The number of hydrogen-bond donors (Lipinski definition) is 3. The molecular formula is C21H25NO3S. The van der Waals surface area contributed by atoms with Crippen molar-refractivity contribution >= 4 is 24.5 Å². The summed E-state index contributed by atoms with van der Waals surface area (Å²) < 4.78 is 0. The third-order valence-electron chi connectivity index (χ3n) is 4.30. The zero-order valence-corrected chi connectivity index (χ0v) is 15.7. The van der Waals surface area contributed by atoms with E-state index in [1.165, 1.54) is 12.5 Å². The van der Waals surface area contributed by atoms with Gasteiger partial charge in [0.1, 0.15) is 6.04 Å². The van der Waals surface area contributed by atoms with E-state index in [1.807, 2.05) is 60.7 Å². The van der Waals surface area contributed by atoms with E-state index in [1.54, 1.807) is 0 Å². The van der Waals surface area contributed by atoms with Gasteiger partial charge in [0.05, 0.1) is 0 Å². The number of aliphatic carboxylic acids is 1. The summed E-state index contributed by atoms with van der Waals surface area (Å²) in [7, 11) is 0. The van der Waals surface area contributed by atoms with Crippen LogP contribution in [-0.2, 0) is 22.4 Å². The van der Waals surface area contributed by atoms with Gasteiger partial charge < -0.3 is 10.4 Å². The Morgan fingerprint density at radius 1 is 0.962 bits per heavy atom. The third kappa shape index (κ3) is 6.56. The molecule has 0 aromatic heterocycles. The Balaban J connectivity index is 2.06. The average Bonchev–Trinajstić information content (AvgIpc) is 2.62. The van der Waals surface area contributed by atoms with Crippen molar-refractivity contribution in [2.75, 3.05) is 0 Å². The first-order chi connectivity index (χ1) is 12.5. The molecule has 0 aliphatic rings. The van der Waals surface area contributed by atoms with Gasteiger partial charge in [0.2, 0.25) is 5.91 Å². The fraction of sp³-hybridized carbons (Fsp3) is 0.333. The number of carbonyl (C=O) groups excluding carboxylic acids is 1. The molecule has 1 amide bonds. The van der Waals surface area contributed by atoms with Gasteiger partial charge in [-0.25, -0.2) is 0 Å². The topological polar surface area (TPSA) is 66.4 Å². The van der Waals surface area contributed by atoms with Crippen LogP contribution in [-0.4, -0.2) is 28.3 Å². The molecule has 3 unspecified atom stereocenters. The van der Waals surface area contributed by atoms with Gasteiger partial charge in [0, 0.05) is 11.2 Å². The van der Waals surface area contributed by atoms with Gasteiger partial charge in [0.25, 0.3) is 0 Å². The Kier molecular flexibility index (Phi) is 7.73. The number of amides is 1. The van der Waals surface area contributed by atoms with Crippen molar-refractivity contribution in [3.05, 3.63) is 71.8 Å². The lowest BCUT2D eigenvalue weighted by atomic mass is 9.91. The molecule has 0 aliphatic heterocycles. The van der Waals surface area contributed by atoms with Crippen molar-refractivity contribution in [1.29, 1.82) is 0 Å². The molecule has 3 atom stereocenters. The van der Waals surface area contributed by atoms with Crippen LogP contribution in [0, 0.1) is 5.92 Å². The monoisotopic (exact) mass is 371 g/mol. The molecule has 5 heteroatoms. The van der Waals surface area contributed by atoms with E-state index in [2.05, 4.69) is 17.9 Å². The van der Waals surface area contributed by atoms with Crippen LogP contribution in [0.4, 0.5) is 0 Å². The second-order valence-electron chi connectivity index (χ2n) is 6.53. The summed E-state index contributed by atoms with van der Waals surface area (Å²) in [4.78, 5) is 23.7. The molecule has 0 spiro atoms. The van der Waals surface area contributed by atoms with Crippen LogP contribution >= 0.6 is 12.6 Å². The molecule has 26 heavy (non-hydrogen) atoms. The van der Waals surface area contributed by atoms with Crippen molar-refractivity contribution < 1.29 is 14.7 Å². The Labute approximate surface area is 160 Å². The average molecular weight is 372 g/mol. The van der Waals surface area contributed by atoms with E-state index in [0.29, 0.717) is 12.8 Å². The van der Waals surface area contributed by atoms with Gasteiger partial charge in [0.15, 0.2) is 0 Å². The highest BCUT2D eigenvalue weighted by Gasteiger charge is 2.25. The molecule has 0 saturated carbocycles. The molecule has 0 heterocycles. The van der Waals surface area contributed by atoms with Gasteiger partial charge in [-0.05, 0) is 37.3 Å². The minimum atomic E-state index is -1.04. The Hall–Kier alpha value is -2.27. The van der Waals surface area contributed by atoms with Crippen molar-refractivity contribution in [1.82, 2.24) is 5.32 Å². The first kappa shape index (κ1) is 20.0. The zero-order valence-electron chi connectivity index (χ0n) is 14.8. The quantitative estimate of drug-likeness (QED) is 0.592. The van der Waals surface area contributed by atoms with E-state index in [4.69, 9.17) is 5.11 Å². The summed E-state index contributed by atoms with van der Waals surface area (Å²) >= 11 is 4.68. The highest BCUT2D eigenvalue weighted by atomic mass is 32.1. The second-order valence-corrected chi connectivity index (χ2v) is 7.26. The summed E-state index contributed by atoms with van der Waals surface area (Å²) in [6.45, 7) is 1.47. The number of carboxylic acid groups (broad SMARTS) is 1. The Morgan fingerprint density at radius 2 is 1.46 bits per heavy atom. The first-order valence-corrected chi connectivity index (χ1v) is 9.26. The number of rotatable bonds is 9. The SMILES string of the molecule is CC(NC(=O)C(Cc1ccccc1)CC(S)Cc1ccccc1)C(=O)O. The lowest BCUT2D eigenvalue weighted by Crippen LogP contribution is -2.42. The summed E-state index contributed by atoms with van der Waals surface area (Å²) in [5.74, 6) is -1.61. The third-order valence-corrected chi connectivity index (χ3v) is 4.69. The van der Waals surface area contributed by atoms with Crippen molar-refractivity contribution in [3.63, 3.8) is 0 Å². The maximum atomic E-state index is 12.6. The van der Waals surface area contributed by atoms with Crippen LogP contribution in [0.1, 0.15) is 24.5 Å². The van der Waals surface area contributed by atoms with Gasteiger partial charge in [-0.2, -0.15) is 12.6 Å². The summed E-state index contributed by atoms with van der Waals surface area (Å²) in [6.07, 6.45) is 1.90. The number of benzene rings is 2. The number of thiol groups is 1. The predicted molar refractivity (Wildman–Crippen MR) is 106 cm³/mol. The van der Waals surface area contributed by atoms with Crippen LogP contribution in [0.15, 0.2) is 60.7 Å². The van der Waals surface area contributed by atoms with Crippen LogP contribution in [0.3, 0.4) is 0 Å². The summed E-state index contributed by atoms with van der Waals surface area (Å²) in [5.41, 5.74) is 2.22. The van der Waals surface area contributed by atoms with E-state index in [0.717, 1.165) is 12.0 Å². The molecule has 138 valence electrons. The van der Waals surface area contributed by atoms with Crippen LogP contribution in [0.2, 0.25) is 0 Å². The van der Waals surface area contributed by atoms with E-state index in [-0.39, 0.29) is 17.1 Å². The van der Waals surface area contributed by atoms with Crippen molar-refractivity contribution in [2.24, 2.45) is 5.92 Å². The Morgan fingerprint density at radius 3 is 1.96 bits per heavy atom. The van der Waals surface area contributed by atoms with E-state index < -0.39 is 12.0 Å². The van der Waals surface area contributed by atoms with Crippen molar-refractivity contribution in [2.45, 2.75) is 37.5 Å². The lowest BCUT2D eigenvalue weighted by Gasteiger charge is -2.22. The molecule has 2 aromatic carbocycles. The van der Waals surface area contributed by atoms with Gasteiger partial charge in [-0.1, -0.05) is 60.7 Å². The van der Waals surface area contributed by atoms with Gasteiger partial charge >= 0.3 is 5.97 Å². The maximum Gasteiger partial charge on any atom is 0.325 e. The Bertz CT molecular complexity index is 706. The fourth-order valence-electron chi connectivity index (χ4n) is 2.87. The zero-order chi connectivity index (χ0) is 18.9. The molecule has 4 nitrogen and oxygen atoms in total. The van der Waals surface area contributed by atoms with Gasteiger partial charge in [-0.15, -0.1) is 0 Å². The minimum absolute atomic E-state index is 0.0111. The number of hydrogen-bond acceptors (Lipinski definition) is 3. The van der Waals surface area contributed by atoms with Gasteiger partial charge in [-0.3, -0.25) is 9.59 Å².